The summed E-state index contributed by atoms with van der Waals surface area (Å²) in [7, 11) is 0. The smallest absolute Gasteiger partial charge is 0.252 e. The van der Waals surface area contributed by atoms with Gasteiger partial charge < -0.3 is 16.4 Å². The zero-order valence-electron chi connectivity index (χ0n) is 19.9. The molecule has 1 saturated heterocycles. The lowest BCUT2D eigenvalue weighted by atomic mass is 9.97. The molecule has 176 valence electrons. The molecular weight excluding hydrogens is 414 g/mol. The van der Waals surface area contributed by atoms with E-state index in [0.29, 0.717) is 64.2 Å². The van der Waals surface area contributed by atoms with Gasteiger partial charge in [-0.15, -0.1) is 0 Å². The molecule has 2 spiro atoms. The second-order valence-electron chi connectivity index (χ2n) is 11.4. The average molecular weight is 450 g/mol. The second kappa shape index (κ2) is 7.40. The molecule has 0 radical (unpaired) electrons. The van der Waals surface area contributed by atoms with Crippen LogP contribution < -0.4 is 16.4 Å². The highest BCUT2D eigenvalue weighted by atomic mass is 16.1. The Hall–Kier alpha value is -2.70. The lowest BCUT2D eigenvalue weighted by Gasteiger charge is -2.33. The Morgan fingerprint density at radius 2 is 1.82 bits per heavy atom. The Morgan fingerprint density at radius 3 is 2.36 bits per heavy atom. The van der Waals surface area contributed by atoms with Gasteiger partial charge in [-0.05, 0) is 87.3 Å². The zero-order chi connectivity index (χ0) is 23.6. The number of fused-ring (bicyclic) bond motifs is 1. The highest BCUT2D eigenvalue weighted by Crippen LogP contribution is 2.92. The standard InChI is InChI=1S/C26H35N5O2/c1-16-14-24(2,3)31(15-16)23-18(22(28)33)5-7-20(30-23)29-13-8-17(27)4-6-19(32)21-25(9-10-25)26(21)11-12-26/h5,7-8,13,16,21H,4,6,9-12,14-15,27H2,1-3H3,(H2,28,33). The number of pyridine rings is 1. The van der Waals surface area contributed by atoms with Crippen LogP contribution in [0.4, 0.5) is 11.6 Å². The van der Waals surface area contributed by atoms with Gasteiger partial charge in [0.25, 0.3) is 5.91 Å². The first-order valence-corrected chi connectivity index (χ1v) is 12.2. The minimum absolute atomic E-state index is 0.116. The number of amides is 1. The van der Waals surface area contributed by atoms with Crippen LogP contribution in [0.3, 0.4) is 0 Å². The van der Waals surface area contributed by atoms with E-state index < -0.39 is 5.91 Å². The first kappa shape index (κ1) is 22.1. The van der Waals surface area contributed by atoms with Crippen LogP contribution in [0.2, 0.25) is 0 Å². The highest BCUT2D eigenvalue weighted by molar-refractivity contribution is 5.98. The molecule has 7 heteroatoms. The van der Waals surface area contributed by atoms with Crippen molar-refractivity contribution in [3.63, 3.8) is 0 Å². The molecule has 1 aliphatic heterocycles. The number of rotatable bonds is 8. The Bertz CT molecular complexity index is 1050. The number of nitrogens with zero attached hydrogens (tertiary/aromatic N) is 3. The Labute approximate surface area is 195 Å². The summed E-state index contributed by atoms with van der Waals surface area (Å²) in [5, 5.41) is 0. The maximum atomic E-state index is 12.7. The van der Waals surface area contributed by atoms with Crippen molar-refractivity contribution in [2.75, 3.05) is 11.4 Å². The molecule has 1 unspecified atom stereocenters. The number of nitrogens with two attached hydrogens (primary N) is 2. The Balaban J connectivity index is 1.24. The normalized spacial score (nSPS) is 26.3. The number of aliphatic imine (C=N–C) groups is 1. The lowest BCUT2D eigenvalue weighted by molar-refractivity contribution is -0.121. The third kappa shape index (κ3) is 3.65. The summed E-state index contributed by atoms with van der Waals surface area (Å²) in [6.45, 7) is 7.32. The van der Waals surface area contributed by atoms with Crippen molar-refractivity contribution in [2.45, 2.75) is 71.3 Å². The lowest BCUT2D eigenvalue weighted by Crippen LogP contribution is -2.40. The maximum Gasteiger partial charge on any atom is 0.252 e. The van der Waals surface area contributed by atoms with Gasteiger partial charge in [-0.3, -0.25) is 9.59 Å². The fourth-order valence-electron chi connectivity index (χ4n) is 6.77. The number of ketones is 1. The molecule has 7 nitrogen and oxygen atoms in total. The van der Waals surface area contributed by atoms with Crippen LogP contribution in [0.5, 0.6) is 0 Å². The van der Waals surface area contributed by atoms with Gasteiger partial charge in [-0.1, -0.05) is 6.92 Å². The molecule has 3 aliphatic carbocycles. The Kier molecular flexibility index (Phi) is 4.96. The summed E-state index contributed by atoms with van der Waals surface area (Å²) < 4.78 is 0. The van der Waals surface area contributed by atoms with Crippen molar-refractivity contribution in [3.05, 3.63) is 29.5 Å². The molecule has 4 aliphatic rings. The van der Waals surface area contributed by atoms with Crippen molar-refractivity contribution < 1.29 is 9.59 Å². The van der Waals surface area contributed by atoms with Crippen LogP contribution in [-0.2, 0) is 4.79 Å². The van der Waals surface area contributed by atoms with Crippen molar-refractivity contribution in [1.29, 1.82) is 0 Å². The van der Waals surface area contributed by atoms with Gasteiger partial charge in [0.15, 0.2) is 5.82 Å². The highest BCUT2D eigenvalue weighted by Gasteiger charge is 2.88. The van der Waals surface area contributed by atoms with Gasteiger partial charge in [-0.2, -0.15) is 0 Å². The topological polar surface area (TPSA) is 115 Å². The van der Waals surface area contributed by atoms with Gasteiger partial charge in [-0.25, -0.2) is 9.98 Å². The summed E-state index contributed by atoms with van der Waals surface area (Å²) in [6.07, 6.45) is 10.4. The summed E-state index contributed by atoms with van der Waals surface area (Å²) in [6, 6.07) is 3.39. The predicted molar refractivity (Wildman–Crippen MR) is 129 cm³/mol. The number of anilines is 1. The van der Waals surface area contributed by atoms with E-state index in [0.717, 1.165) is 13.0 Å². The number of hydrogen-bond donors (Lipinski definition) is 2. The zero-order valence-corrected chi connectivity index (χ0v) is 19.9. The molecule has 1 atom stereocenters. The SMILES string of the molecule is CC1CN(c2nc(N=CC=C(N)CCC(=O)C3C4(CC4)C34CC4)ccc2C(N)=O)C(C)(C)C1. The molecule has 4 fully saturated rings. The quantitative estimate of drug-likeness (QED) is 0.584. The third-order valence-electron chi connectivity index (χ3n) is 8.52. The van der Waals surface area contributed by atoms with Gasteiger partial charge in [0.2, 0.25) is 0 Å². The number of aromatic nitrogens is 1. The summed E-state index contributed by atoms with van der Waals surface area (Å²) in [5.41, 5.74) is 13.5. The number of carbonyl (C=O) groups is 2. The van der Waals surface area contributed by atoms with E-state index in [-0.39, 0.29) is 5.54 Å². The van der Waals surface area contributed by atoms with Crippen LogP contribution in [0.25, 0.3) is 0 Å². The number of hydrogen-bond acceptors (Lipinski definition) is 6. The van der Waals surface area contributed by atoms with E-state index in [1.807, 2.05) is 0 Å². The molecule has 0 aromatic carbocycles. The maximum absolute atomic E-state index is 12.7. The third-order valence-corrected chi connectivity index (χ3v) is 8.52. The largest absolute Gasteiger partial charge is 0.402 e. The van der Waals surface area contributed by atoms with Crippen molar-refractivity contribution in [1.82, 2.24) is 4.98 Å². The van der Waals surface area contributed by atoms with E-state index >= 15 is 0 Å². The fourth-order valence-corrected chi connectivity index (χ4v) is 6.77. The average Bonchev–Trinajstić information content (AvgIpc) is 3.68. The van der Waals surface area contributed by atoms with E-state index in [1.54, 1.807) is 24.4 Å². The van der Waals surface area contributed by atoms with E-state index in [4.69, 9.17) is 11.5 Å². The number of Topliss-reactive ketones (excluding diaryl/α,β-unsaturated/α-hetero) is 1. The van der Waals surface area contributed by atoms with Crippen LogP contribution in [0, 0.1) is 22.7 Å². The molecule has 1 amide bonds. The molecule has 1 aromatic heterocycles. The summed E-state index contributed by atoms with van der Waals surface area (Å²) in [4.78, 5) is 35.9. The molecule has 4 N–H and O–H groups in total. The van der Waals surface area contributed by atoms with Crippen molar-refractivity contribution in [3.8, 4) is 0 Å². The first-order chi connectivity index (χ1) is 15.6. The second-order valence-corrected chi connectivity index (χ2v) is 11.4. The van der Waals surface area contributed by atoms with Gasteiger partial charge in [0.05, 0.1) is 5.56 Å². The monoisotopic (exact) mass is 449 g/mol. The van der Waals surface area contributed by atoms with Gasteiger partial charge in [0.1, 0.15) is 11.6 Å². The summed E-state index contributed by atoms with van der Waals surface area (Å²) >= 11 is 0. The van der Waals surface area contributed by atoms with Crippen molar-refractivity contribution in [2.24, 2.45) is 39.1 Å². The minimum atomic E-state index is -0.492. The van der Waals surface area contributed by atoms with Crippen LogP contribution in [0.15, 0.2) is 28.9 Å². The molecular formula is C26H35N5O2. The molecule has 0 bridgehead atoms. The van der Waals surface area contributed by atoms with E-state index in [2.05, 4.69) is 35.6 Å². The van der Waals surface area contributed by atoms with E-state index in [1.165, 1.54) is 25.7 Å². The van der Waals surface area contributed by atoms with Crippen LogP contribution in [-0.4, -0.2) is 35.0 Å². The predicted octanol–water partition coefficient (Wildman–Crippen LogP) is 3.89. The Morgan fingerprint density at radius 1 is 1.15 bits per heavy atom. The van der Waals surface area contributed by atoms with Crippen LogP contribution >= 0.6 is 0 Å². The van der Waals surface area contributed by atoms with E-state index in [9.17, 15) is 9.59 Å². The van der Waals surface area contributed by atoms with Gasteiger partial charge in [0, 0.05) is 36.3 Å². The molecule has 33 heavy (non-hydrogen) atoms. The van der Waals surface area contributed by atoms with Crippen molar-refractivity contribution >= 4 is 29.5 Å². The molecule has 2 heterocycles. The fraction of sp³-hybridized carbons (Fsp3) is 0.615. The summed E-state index contributed by atoms with van der Waals surface area (Å²) in [5.74, 6) is 1.80. The number of primary amides is 1. The van der Waals surface area contributed by atoms with Gasteiger partial charge >= 0.3 is 0 Å². The first-order valence-electron chi connectivity index (χ1n) is 12.2. The van der Waals surface area contributed by atoms with Crippen LogP contribution in [0.1, 0.15) is 76.1 Å². The molecule has 1 aromatic rings. The number of carbonyl (C=O) groups excluding carboxylic acids is 2. The molecule has 3 saturated carbocycles. The minimum Gasteiger partial charge on any atom is -0.402 e. The molecule has 5 rings (SSSR count). The number of allylic oxidation sites excluding steroid dienone is 2.